The molecule has 1 atom stereocenters. The summed E-state index contributed by atoms with van der Waals surface area (Å²) < 4.78 is 5.21. The number of hydrogen-bond acceptors (Lipinski definition) is 4. The van der Waals surface area contributed by atoms with Gasteiger partial charge in [-0.1, -0.05) is 0 Å². The van der Waals surface area contributed by atoms with Crippen LogP contribution in [0.25, 0.3) is 0 Å². The lowest BCUT2D eigenvalue weighted by atomic mass is 9.97. The number of pyridine rings is 1. The van der Waals surface area contributed by atoms with Gasteiger partial charge in [0, 0.05) is 26.8 Å². The summed E-state index contributed by atoms with van der Waals surface area (Å²) in [7, 11) is 1.77. The molecule has 0 spiro atoms. The van der Waals surface area contributed by atoms with Crippen molar-refractivity contribution in [2.24, 2.45) is 5.92 Å². The van der Waals surface area contributed by atoms with Crippen molar-refractivity contribution in [2.75, 3.05) is 31.7 Å². The van der Waals surface area contributed by atoms with Crippen LogP contribution >= 0.6 is 0 Å². The summed E-state index contributed by atoms with van der Waals surface area (Å²) in [5, 5.41) is 9.43. The Morgan fingerprint density at radius 2 is 2.17 bits per heavy atom. The Balaban J connectivity index is 1.93. The van der Waals surface area contributed by atoms with Crippen molar-refractivity contribution in [2.45, 2.75) is 25.9 Å². The van der Waals surface area contributed by atoms with Crippen LogP contribution in [0.1, 0.15) is 31.6 Å². The zero-order chi connectivity index (χ0) is 13.0. The highest BCUT2D eigenvalue weighted by Gasteiger charge is 2.19. The lowest BCUT2D eigenvalue weighted by molar-refractivity contribution is 0.139. The number of hydrogen-bond donors (Lipinski definition) is 1. The zero-order valence-corrected chi connectivity index (χ0v) is 11.2. The maximum Gasteiger partial charge on any atom is 0.0931 e. The van der Waals surface area contributed by atoms with Crippen LogP contribution in [-0.4, -0.2) is 36.9 Å². The molecule has 1 aromatic rings. The van der Waals surface area contributed by atoms with Gasteiger partial charge in [-0.3, -0.25) is 4.98 Å². The minimum atomic E-state index is -0.494. The number of nitrogens with zero attached hydrogens (tertiary/aromatic N) is 2. The predicted molar refractivity (Wildman–Crippen MR) is 71.7 cm³/mol. The van der Waals surface area contributed by atoms with Gasteiger partial charge >= 0.3 is 0 Å². The van der Waals surface area contributed by atoms with Crippen LogP contribution in [0.2, 0.25) is 0 Å². The van der Waals surface area contributed by atoms with Gasteiger partial charge in [0.25, 0.3) is 0 Å². The highest BCUT2D eigenvalue weighted by Crippen LogP contribution is 2.23. The van der Waals surface area contributed by atoms with Gasteiger partial charge in [-0.25, -0.2) is 0 Å². The molecule has 1 N–H and O–H groups in total. The highest BCUT2D eigenvalue weighted by molar-refractivity contribution is 5.45. The van der Waals surface area contributed by atoms with Crippen molar-refractivity contribution in [3.05, 3.63) is 24.0 Å². The fourth-order valence-electron chi connectivity index (χ4n) is 2.43. The molecule has 0 bridgehead atoms. The molecule has 0 aliphatic carbocycles. The molecule has 1 aromatic heterocycles. The number of rotatable bonds is 4. The molecule has 4 heteroatoms. The molecular formula is C14H22N2O2. The molecule has 1 aliphatic rings. The highest BCUT2D eigenvalue weighted by atomic mass is 16.5. The molecule has 1 aliphatic heterocycles. The Kier molecular flexibility index (Phi) is 4.55. The Morgan fingerprint density at radius 3 is 2.67 bits per heavy atom. The minimum Gasteiger partial charge on any atom is -0.387 e. The number of piperidine rings is 1. The number of ether oxygens (including phenoxy) is 1. The van der Waals surface area contributed by atoms with E-state index in [-0.39, 0.29) is 0 Å². The summed E-state index contributed by atoms with van der Waals surface area (Å²) >= 11 is 0. The monoisotopic (exact) mass is 250 g/mol. The second-order valence-electron chi connectivity index (χ2n) is 5.00. The van der Waals surface area contributed by atoms with Crippen LogP contribution in [0.5, 0.6) is 0 Å². The first-order valence-electron chi connectivity index (χ1n) is 6.58. The molecular weight excluding hydrogens is 228 g/mol. The van der Waals surface area contributed by atoms with E-state index in [9.17, 15) is 5.11 Å². The first kappa shape index (κ1) is 13.3. The first-order valence-corrected chi connectivity index (χ1v) is 6.58. The van der Waals surface area contributed by atoms with Gasteiger partial charge in [-0.15, -0.1) is 0 Å². The van der Waals surface area contributed by atoms with Gasteiger partial charge in [-0.2, -0.15) is 0 Å². The lowest BCUT2D eigenvalue weighted by Gasteiger charge is -2.33. The first-order chi connectivity index (χ1) is 8.70. The van der Waals surface area contributed by atoms with Gasteiger partial charge in [0.2, 0.25) is 0 Å². The second-order valence-corrected chi connectivity index (χ2v) is 5.00. The molecule has 0 saturated carbocycles. The molecule has 2 heterocycles. The molecule has 18 heavy (non-hydrogen) atoms. The van der Waals surface area contributed by atoms with E-state index in [2.05, 4.69) is 9.88 Å². The molecule has 0 unspecified atom stereocenters. The van der Waals surface area contributed by atoms with Crippen LogP contribution in [0.15, 0.2) is 18.3 Å². The second kappa shape index (κ2) is 6.16. The average molecular weight is 250 g/mol. The van der Waals surface area contributed by atoms with E-state index in [1.165, 1.54) is 12.8 Å². The largest absolute Gasteiger partial charge is 0.387 e. The molecule has 2 rings (SSSR count). The summed E-state index contributed by atoms with van der Waals surface area (Å²) in [6.45, 7) is 4.72. The molecule has 4 nitrogen and oxygen atoms in total. The standard InChI is InChI=1S/C14H22N2O2/c1-11(17)14-4-3-13(9-15-14)16-7-5-12(6-8-16)10-18-2/h3-4,9,11-12,17H,5-8,10H2,1-2H3/t11-/m1/s1. The van der Waals surface area contributed by atoms with Crippen LogP contribution in [-0.2, 0) is 4.74 Å². The van der Waals surface area contributed by atoms with Crippen molar-refractivity contribution in [1.82, 2.24) is 4.98 Å². The van der Waals surface area contributed by atoms with E-state index >= 15 is 0 Å². The fourth-order valence-corrected chi connectivity index (χ4v) is 2.43. The van der Waals surface area contributed by atoms with Crippen molar-refractivity contribution >= 4 is 5.69 Å². The van der Waals surface area contributed by atoms with Crippen molar-refractivity contribution in [3.8, 4) is 0 Å². The summed E-state index contributed by atoms with van der Waals surface area (Å²) in [5.41, 5.74) is 1.88. The number of aliphatic hydroxyl groups is 1. The summed E-state index contributed by atoms with van der Waals surface area (Å²) in [6, 6.07) is 3.95. The Morgan fingerprint density at radius 1 is 1.44 bits per heavy atom. The van der Waals surface area contributed by atoms with Crippen LogP contribution in [0.3, 0.4) is 0 Å². The van der Waals surface area contributed by atoms with Crippen LogP contribution < -0.4 is 4.90 Å². The smallest absolute Gasteiger partial charge is 0.0931 e. The predicted octanol–water partition coefficient (Wildman–Crippen LogP) is 2.00. The Hall–Kier alpha value is -1.13. The third-order valence-corrected chi connectivity index (χ3v) is 3.58. The van der Waals surface area contributed by atoms with Crippen molar-refractivity contribution < 1.29 is 9.84 Å². The number of aliphatic hydroxyl groups excluding tert-OH is 1. The molecule has 0 radical (unpaired) electrons. The number of anilines is 1. The zero-order valence-electron chi connectivity index (χ0n) is 11.2. The van der Waals surface area contributed by atoms with E-state index in [1.807, 2.05) is 18.3 Å². The maximum absolute atomic E-state index is 9.43. The third-order valence-electron chi connectivity index (χ3n) is 3.58. The van der Waals surface area contributed by atoms with E-state index in [0.717, 1.165) is 31.1 Å². The molecule has 100 valence electrons. The Labute approximate surface area is 109 Å². The summed E-state index contributed by atoms with van der Waals surface area (Å²) in [5.74, 6) is 0.691. The van der Waals surface area contributed by atoms with Gasteiger partial charge < -0.3 is 14.7 Å². The molecule has 1 fully saturated rings. The van der Waals surface area contributed by atoms with E-state index < -0.39 is 6.10 Å². The van der Waals surface area contributed by atoms with E-state index in [1.54, 1.807) is 14.0 Å². The van der Waals surface area contributed by atoms with Gasteiger partial charge in [-0.05, 0) is 37.8 Å². The summed E-state index contributed by atoms with van der Waals surface area (Å²) in [6.07, 6.45) is 3.71. The van der Waals surface area contributed by atoms with Gasteiger partial charge in [0.15, 0.2) is 0 Å². The fraction of sp³-hybridized carbons (Fsp3) is 0.643. The SMILES string of the molecule is COCC1CCN(c2ccc([C@@H](C)O)nc2)CC1. The topological polar surface area (TPSA) is 45.6 Å². The number of aromatic nitrogens is 1. The van der Waals surface area contributed by atoms with Crippen molar-refractivity contribution in [3.63, 3.8) is 0 Å². The van der Waals surface area contributed by atoms with E-state index in [4.69, 9.17) is 4.74 Å². The molecule has 1 saturated heterocycles. The number of methoxy groups -OCH3 is 1. The normalized spacial score (nSPS) is 18.9. The van der Waals surface area contributed by atoms with Crippen molar-refractivity contribution in [1.29, 1.82) is 0 Å². The van der Waals surface area contributed by atoms with E-state index in [0.29, 0.717) is 5.92 Å². The maximum atomic E-state index is 9.43. The molecule has 0 amide bonds. The summed E-state index contributed by atoms with van der Waals surface area (Å²) in [4.78, 5) is 6.64. The lowest BCUT2D eigenvalue weighted by Crippen LogP contribution is -2.35. The Bertz CT molecular complexity index is 357. The third kappa shape index (κ3) is 3.21. The van der Waals surface area contributed by atoms with Crippen LogP contribution in [0.4, 0.5) is 5.69 Å². The van der Waals surface area contributed by atoms with Crippen LogP contribution in [0, 0.1) is 5.92 Å². The minimum absolute atomic E-state index is 0.494. The molecule has 0 aromatic carbocycles. The van der Waals surface area contributed by atoms with Gasteiger partial charge in [0.05, 0.1) is 23.7 Å². The average Bonchev–Trinajstić information content (AvgIpc) is 2.40. The van der Waals surface area contributed by atoms with Gasteiger partial charge in [0.1, 0.15) is 0 Å². The quantitative estimate of drug-likeness (QED) is 0.887.